The van der Waals surface area contributed by atoms with E-state index in [4.69, 9.17) is 4.74 Å². The van der Waals surface area contributed by atoms with Crippen molar-refractivity contribution in [3.63, 3.8) is 0 Å². The van der Waals surface area contributed by atoms with Gasteiger partial charge < -0.3 is 9.47 Å². The zero-order chi connectivity index (χ0) is 13.5. The summed E-state index contributed by atoms with van der Waals surface area (Å²) in [6, 6.07) is 6.68. The minimum atomic E-state index is -0.848. The molecule has 0 aliphatic rings. The highest BCUT2D eigenvalue weighted by atomic mass is 16.5. The van der Waals surface area contributed by atoms with Crippen LogP contribution in [0.3, 0.4) is 0 Å². The first kappa shape index (κ1) is 14.0. The van der Waals surface area contributed by atoms with Crippen molar-refractivity contribution < 1.29 is 19.1 Å². The number of carbonyl (C=O) groups is 2. The minimum Gasteiger partial charge on any atom is -0.497 e. The van der Waals surface area contributed by atoms with Crippen LogP contribution in [0.5, 0.6) is 5.75 Å². The molecule has 0 fully saturated rings. The Hall–Kier alpha value is -2.10. The van der Waals surface area contributed by atoms with Crippen LogP contribution >= 0.6 is 0 Å². The number of carbonyl (C=O) groups excluding carboxylic acids is 2. The molecule has 0 saturated heterocycles. The van der Waals surface area contributed by atoms with Crippen molar-refractivity contribution in [2.45, 2.75) is 6.42 Å². The summed E-state index contributed by atoms with van der Waals surface area (Å²) in [5.41, 5.74) is 0.423. The number of rotatable bonds is 6. The average molecular weight is 248 g/mol. The molecule has 18 heavy (non-hydrogen) atoms. The van der Waals surface area contributed by atoms with Gasteiger partial charge in [-0.3, -0.25) is 9.59 Å². The molecule has 0 radical (unpaired) electrons. The zero-order valence-corrected chi connectivity index (χ0v) is 10.5. The molecule has 0 heterocycles. The molecule has 0 amide bonds. The average Bonchev–Trinajstić information content (AvgIpc) is 2.43. The van der Waals surface area contributed by atoms with Crippen molar-refractivity contribution in [1.29, 1.82) is 0 Å². The topological polar surface area (TPSA) is 52.6 Å². The first-order valence-corrected chi connectivity index (χ1v) is 5.51. The zero-order valence-electron chi connectivity index (χ0n) is 10.5. The number of ketones is 1. The molecular formula is C14H16O4. The van der Waals surface area contributed by atoms with E-state index >= 15 is 0 Å². The number of hydrogen-bond donors (Lipinski definition) is 0. The van der Waals surface area contributed by atoms with Crippen LogP contribution in [0.2, 0.25) is 0 Å². The predicted molar refractivity (Wildman–Crippen MR) is 67.6 cm³/mol. The number of ether oxygens (including phenoxy) is 2. The predicted octanol–water partition coefficient (Wildman–Crippen LogP) is 2.24. The summed E-state index contributed by atoms with van der Waals surface area (Å²) in [4.78, 5) is 23.7. The molecule has 1 rings (SSSR count). The van der Waals surface area contributed by atoms with Gasteiger partial charge in [-0.25, -0.2) is 0 Å². The number of esters is 1. The molecule has 0 bridgehead atoms. The van der Waals surface area contributed by atoms with E-state index in [2.05, 4.69) is 11.3 Å². The lowest BCUT2D eigenvalue weighted by Crippen LogP contribution is -2.25. The van der Waals surface area contributed by atoms with Crippen LogP contribution < -0.4 is 4.74 Å². The largest absolute Gasteiger partial charge is 0.497 e. The van der Waals surface area contributed by atoms with E-state index in [1.54, 1.807) is 24.3 Å². The third-order valence-corrected chi connectivity index (χ3v) is 2.56. The SMILES string of the molecule is C=CCC(C(=O)OC)C(=O)c1cccc(OC)c1. The highest BCUT2D eigenvalue weighted by Gasteiger charge is 2.27. The molecule has 96 valence electrons. The highest BCUT2D eigenvalue weighted by Crippen LogP contribution is 2.19. The Balaban J connectivity index is 3.01. The fraction of sp³-hybridized carbons (Fsp3) is 0.286. The van der Waals surface area contributed by atoms with Crippen molar-refractivity contribution in [1.82, 2.24) is 0 Å². The molecule has 0 aliphatic carbocycles. The first-order chi connectivity index (χ1) is 8.63. The summed E-state index contributed by atoms with van der Waals surface area (Å²) in [5.74, 6) is -1.12. The Kier molecular flexibility index (Phi) is 5.11. The van der Waals surface area contributed by atoms with E-state index < -0.39 is 11.9 Å². The highest BCUT2D eigenvalue weighted by molar-refractivity contribution is 6.08. The van der Waals surface area contributed by atoms with Crippen LogP contribution in [-0.4, -0.2) is 26.0 Å². The Morgan fingerprint density at radius 3 is 2.67 bits per heavy atom. The second kappa shape index (κ2) is 6.59. The Morgan fingerprint density at radius 2 is 2.11 bits per heavy atom. The van der Waals surface area contributed by atoms with E-state index in [0.717, 1.165) is 0 Å². The molecule has 0 aliphatic heterocycles. The molecule has 0 saturated carbocycles. The van der Waals surface area contributed by atoms with Crippen LogP contribution in [0.1, 0.15) is 16.8 Å². The van der Waals surface area contributed by atoms with E-state index in [9.17, 15) is 9.59 Å². The molecule has 0 spiro atoms. The quantitative estimate of drug-likeness (QED) is 0.335. The summed E-state index contributed by atoms with van der Waals surface area (Å²) in [5, 5.41) is 0. The van der Waals surface area contributed by atoms with Gasteiger partial charge in [0.1, 0.15) is 11.7 Å². The lowest BCUT2D eigenvalue weighted by atomic mass is 9.94. The summed E-state index contributed by atoms with van der Waals surface area (Å²) >= 11 is 0. The summed E-state index contributed by atoms with van der Waals surface area (Å²) in [6.07, 6.45) is 1.78. The molecule has 1 unspecified atom stereocenters. The molecule has 4 nitrogen and oxygen atoms in total. The smallest absolute Gasteiger partial charge is 0.316 e. The number of Topliss-reactive ketones (excluding diaryl/α,β-unsaturated/α-hetero) is 1. The number of allylic oxidation sites excluding steroid dienone is 1. The number of benzene rings is 1. The van der Waals surface area contributed by atoms with Crippen LogP contribution in [0.4, 0.5) is 0 Å². The molecule has 1 aromatic carbocycles. The van der Waals surface area contributed by atoms with E-state index in [1.807, 2.05) is 0 Å². The maximum atomic E-state index is 12.2. The third-order valence-electron chi connectivity index (χ3n) is 2.56. The second-order valence-corrected chi connectivity index (χ2v) is 3.70. The van der Waals surface area contributed by atoms with E-state index in [-0.39, 0.29) is 12.2 Å². The number of hydrogen-bond acceptors (Lipinski definition) is 4. The van der Waals surface area contributed by atoms with Gasteiger partial charge in [0.15, 0.2) is 5.78 Å². The fourth-order valence-electron chi connectivity index (χ4n) is 1.60. The van der Waals surface area contributed by atoms with Gasteiger partial charge in [-0.1, -0.05) is 18.2 Å². The Morgan fingerprint density at radius 1 is 1.39 bits per heavy atom. The van der Waals surface area contributed by atoms with Gasteiger partial charge in [0.2, 0.25) is 0 Å². The molecule has 0 aromatic heterocycles. The van der Waals surface area contributed by atoms with Crippen LogP contribution in [0.15, 0.2) is 36.9 Å². The summed E-state index contributed by atoms with van der Waals surface area (Å²) in [6.45, 7) is 3.54. The fourth-order valence-corrected chi connectivity index (χ4v) is 1.60. The summed E-state index contributed by atoms with van der Waals surface area (Å²) < 4.78 is 9.67. The van der Waals surface area contributed by atoms with Crippen molar-refractivity contribution in [2.24, 2.45) is 5.92 Å². The van der Waals surface area contributed by atoms with E-state index in [1.165, 1.54) is 20.3 Å². The maximum Gasteiger partial charge on any atom is 0.316 e. The molecule has 0 N–H and O–H groups in total. The van der Waals surface area contributed by atoms with Crippen LogP contribution in [-0.2, 0) is 9.53 Å². The van der Waals surface area contributed by atoms with Crippen molar-refractivity contribution in [3.8, 4) is 5.75 Å². The van der Waals surface area contributed by atoms with Crippen molar-refractivity contribution >= 4 is 11.8 Å². The molecule has 1 aromatic rings. The standard InChI is InChI=1S/C14H16O4/c1-4-6-12(14(16)18-3)13(15)10-7-5-8-11(9-10)17-2/h4-5,7-9,12H,1,6H2,2-3H3. The van der Waals surface area contributed by atoms with Gasteiger partial charge >= 0.3 is 5.97 Å². The van der Waals surface area contributed by atoms with Gasteiger partial charge in [-0.15, -0.1) is 6.58 Å². The lowest BCUT2D eigenvalue weighted by molar-refractivity contribution is -0.143. The Labute approximate surface area is 106 Å². The van der Waals surface area contributed by atoms with Crippen molar-refractivity contribution in [3.05, 3.63) is 42.5 Å². The van der Waals surface area contributed by atoms with Crippen LogP contribution in [0.25, 0.3) is 0 Å². The van der Waals surface area contributed by atoms with Gasteiger partial charge in [-0.2, -0.15) is 0 Å². The van der Waals surface area contributed by atoms with Crippen LogP contribution in [0, 0.1) is 5.92 Å². The Bertz CT molecular complexity index is 451. The third kappa shape index (κ3) is 3.20. The van der Waals surface area contributed by atoms with Crippen molar-refractivity contribution in [2.75, 3.05) is 14.2 Å². The first-order valence-electron chi connectivity index (χ1n) is 5.51. The minimum absolute atomic E-state index is 0.253. The van der Waals surface area contributed by atoms with Gasteiger partial charge in [-0.05, 0) is 18.6 Å². The monoisotopic (exact) mass is 248 g/mol. The molecule has 1 atom stereocenters. The van der Waals surface area contributed by atoms with Gasteiger partial charge in [0.25, 0.3) is 0 Å². The molecular weight excluding hydrogens is 232 g/mol. The maximum absolute atomic E-state index is 12.2. The molecule has 4 heteroatoms. The summed E-state index contributed by atoms with van der Waals surface area (Å²) in [7, 11) is 2.78. The second-order valence-electron chi connectivity index (χ2n) is 3.70. The van der Waals surface area contributed by atoms with E-state index in [0.29, 0.717) is 11.3 Å². The van der Waals surface area contributed by atoms with Gasteiger partial charge in [0.05, 0.1) is 14.2 Å². The number of methoxy groups -OCH3 is 2. The lowest BCUT2D eigenvalue weighted by Gasteiger charge is -2.12. The normalized spacial score (nSPS) is 11.4. The van der Waals surface area contributed by atoms with Gasteiger partial charge in [0, 0.05) is 5.56 Å².